The van der Waals surface area contributed by atoms with E-state index in [1.54, 1.807) is 30.5 Å². The number of hydrogen-bond donors (Lipinski definition) is 2. The zero-order chi connectivity index (χ0) is 16.4. The molecule has 0 saturated heterocycles. The Balaban J connectivity index is 1.80. The molecule has 0 radical (unpaired) electrons. The van der Waals surface area contributed by atoms with E-state index in [4.69, 9.17) is 0 Å². The first kappa shape index (κ1) is 15.1. The smallest absolute Gasteiger partial charge is 0.250 e. The number of nitrogens with zero attached hydrogens (tertiary/aromatic N) is 3. The first-order valence-corrected chi connectivity index (χ1v) is 8.54. The SMILES string of the molecule is CS(=O)(=O)N=C1C=CC(Nc2ncc3ccc(=O)[nH]c3n2)=CC1. The van der Waals surface area contributed by atoms with Gasteiger partial charge in [0.1, 0.15) is 5.65 Å². The normalized spacial score (nSPS) is 16.6. The highest BCUT2D eigenvalue weighted by atomic mass is 32.2. The van der Waals surface area contributed by atoms with Gasteiger partial charge in [0.05, 0.1) is 12.0 Å². The molecule has 0 amide bonds. The number of anilines is 1. The third-order valence-electron chi connectivity index (χ3n) is 3.00. The standard InChI is InChI=1S/C14H13N5O3S/c1-23(21,22)19-11-5-3-10(4-6-11)16-14-15-8-9-2-7-12(20)17-13(9)18-14/h2-5,7-8H,6H2,1H3,(H2,15,16,17,18,20). The fourth-order valence-electron chi connectivity index (χ4n) is 2.04. The van der Waals surface area contributed by atoms with Gasteiger partial charge < -0.3 is 10.3 Å². The minimum Gasteiger partial charge on any atom is -0.324 e. The predicted molar refractivity (Wildman–Crippen MR) is 87.9 cm³/mol. The molecule has 0 unspecified atom stereocenters. The van der Waals surface area contributed by atoms with E-state index < -0.39 is 10.0 Å². The molecule has 23 heavy (non-hydrogen) atoms. The monoisotopic (exact) mass is 331 g/mol. The first-order valence-electron chi connectivity index (χ1n) is 6.69. The summed E-state index contributed by atoms with van der Waals surface area (Å²) in [7, 11) is -3.40. The van der Waals surface area contributed by atoms with Crippen molar-refractivity contribution in [1.29, 1.82) is 0 Å². The van der Waals surface area contributed by atoms with Gasteiger partial charge in [0.2, 0.25) is 21.5 Å². The van der Waals surface area contributed by atoms with Gasteiger partial charge >= 0.3 is 0 Å². The second-order valence-corrected chi connectivity index (χ2v) is 6.61. The van der Waals surface area contributed by atoms with Gasteiger partial charge in [0.15, 0.2) is 0 Å². The number of nitrogens with one attached hydrogen (secondary N) is 2. The summed E-state index contributed by atoms with van der Waals surface area (Å²) in [6, 6.07) is 3.06. The lowest BCUT2D eigenvalue weighted by Gasteiger charge is -2.10. The zero-order valence-electron chi connectivity index (χ0n) is 12.1. The van der Waals surface area contributed by atoms with Crippen LogP contribution in [0.25, 0.3) is 11.0 Å². The van der Waals surface area contributed by atoms with Crippen LogP contribution < -0.4 is 10.9 Å². The second kappa shape index (κ2) is 5.76. The average molecular weight is 331 g/mol. The van der Waals surface area contributed by atoms with E-state index >= 15 is 0 Å². The Bertz CT molecular complexity index is 1020. The van der Waals surface area contributed by atoms with Crippen molar-refractivity contribution in [3.05, 3.63) is 52.6 Å². The van der Waals surface area contributed by atoms with Crippen LogP contribution in [0.15, 0.2) is 51.4 Å². The highest BCUT2D eigenvalue weighted by Gasteiger charge is 2.07. The van der Waals surface area contributed by atoms with Gasteiger partial charge in [-0.25, -0.2) is 13.4 Å². The van der Waals surface area contributed by atoms with Crippen LogP contribution in [0.3, 0.4) is 0 Å². The van der Waals surface area contributed by atoms with Crippen LogP contribution in [0.4, 0.5) is 5.95 Å². The van der Waals surface area contributed by atoms with Crippen molar-refractivity contribution in [2.24, 2.45) is 4.40 Å². The molecule has 1 aliphatic rings. The number of fused-ring (bicyclic) bond motifs is 1. The quantitative estimate of drug-likeness (QED) is 0.865. The van der Waals surface area contributed by atoms with Crippen molar-refractivity contribution in [3.8, 4) is 0 Å². The van der Waals surface area contributed by atoms with Crippen molar-refractivity contribution in [2.45, 2.75) is 6.42 Å². The molecule has 9 heteroatoms. The summed E-state index contributed by atoms with van der Waals surface area (Å²) >= 11 is 0. The maximum Gasteiger partial charge on any atom is 0.250 e. The Hall–Kier alpha value is -2.81. The summed E-state index contributed by atoms with van der Waals surface area (Å²) < 4.78 is 25.9. The maximum atomic E-state index is 11.3. The van der Waals surface area contributed by atoms with E-state index in [0.717, 1.165) is 17.3 Å². The van der Waals surface area contributed by atoms with Gasteiger partial charge in [0, 0.05) is 29.8 Å². The molecule has 2 heterocycles. The third kappa shape index (κ3) is 3.89. The average Bonchev–Trinajstić information content (AvgIpc) is 2.47. The lowest BCUT2D eigenvalue weighted by atomic mass is 10.1. The Morgan fingerprint density at radius 3 is 2.83 bits per heavy atom. The lowest BCUT2D eigenvalue weighted by Crippen LogP contribution is -2.09. The number of aromatic nitrogens is 3. The molecule has 1 aliphatic carbocycles. The Morgan fingerprint density at radius 1 is 1.30 bits per heavy atom. The topological polar surface area (TPSA) is 117 Å². The molecule has 0 aromatic carbocycles. The zero-order valence-corrected chi connectivity index (χ0v) is 13.0. The minimum atomic E-state index is -3.40. The van der Waals surface area contributed by atoms with Gasteiger partial charge in [-0.3, -0.25) is 4.79 Å². The number of allylic oxidation sites excluding steroid dienone is 3. The van der Waals surface area contributed by atoms with Gasteiger partial charge in [-0.05, 0) is 18.2 Å². The Morgan fingerprint density at radius 2 is 2.13 bits per heavy atom. The molecular weight excluding hydrogens is 318 g/mol. The van der Waals surface area contributed by atoms with E-state index in [-0.39, 0.29) is 5.56 Å². The molecule has 8 nitrogen and oxygen atoms in total. The van der Waals surface area contributed by atoms with Gasteiger partial charge in [0.25, 0.3) is 0 Å². The van der Waals surface area contributed by atoms with Crippen molar-refractivity contribution in [2.75, 3.05) is 11.6 Å². The molecule has 2 aromatic rings. The molecule has 0 bridgehead atoms. The van der Waals surface area contributed by atoms with Gasteiger partial charge in [-0.2, -0.15) is 9.38 Å². The Kier molecular flexibility index (Phi) is 3.78. The number of pyridine rings is 1. The summed E-state index contributed by atoms with van der Waals surface area (Å²) in [6.45, 7) is 0. The van der Waals surface area contributed by atoms with Crippen LogP contribution in [0.1, 0.15) is 6.42 Å². The highest BCUT2D eigenvalue weighted by molar-refractivity contribution is 7.89. The summed E-state index contributed by atoms with van der Waals surface area (Å²) in [4.78, 5) is 22.3. The summed E-state index contributed by atoms with van der Waals surface area (Å²) in [5.74, 6) is 0.332. The molecule has 3 rings (SSSR count). The largest absolute Gasteiger partial charge is 0.324 e. The number of H-pyrrole nitrogens is 1. The first-order chi connectivity index (χ1) is 10.9. The molecular formula is C14H13N5O3S. The number of hydrogen-bond acceptors (Lipinski definition) is 6. The second-order valence-electron chi connectivity index (χ2n) is 4.96. The Labute approximate surface area is 131 Å². The summed E-state index contributed by atoms with van der Waals surface area (Å²) in [5.41, 5.74) is 1.38. The van der Waals surface area contributed by atoms with E-state index in [1.165, 1.54) is 6.07 Å². The van der Waals surface area contributed by atoms with Crippen molar-refractivity contribution >= 4 is 32.7 Å². The van der Waals surface area contributed by atoms with E-state index in [1.807, 2.05) is 0 Å². The van der Waals surface area contributed by atoms with Crippen LogP contribution in [-0.2, 0) is 10.0 Å². The number of sulfonamides is 1. The van der Waals surface area contributed by atoms with Crippen molar-refractivity contribution < 1.29 is 8.42 Å². The van der Waals surface area contributed by atoms with Crippen molar-refractivity contribution in [3.63, 3.8) is 0 Å². The molecule has 0 saturated carbocycles. The third-order valence-corrected chi connectivity index (χ3v) is 3.56. The van der Waals surface area contributed by atoms with E-state index in [0.29, 0.717) is 23.7 Å². The van der Waals surface area contributed by atoms with Crippen LogP contribution in [0, 0.1) is 0 Å². The van der Waals surface area contributed by atoms with Crippen LogP contribution in [0.2, 0.25) is 0 Å². The number of rotatable bonds is 3. The summed E-state index contributed by atoms with van der Waals surface area (Å²) in [5, 5.41) is 3.73. The highest BCUT2D eigenvalue weighted by Crippen LogP contribution is 2.13. The van der Waals surface area contributed by atoms with E-state index in [9.17, 15) is 13.2 Å². The fourth-order valence-corrected chi connectivity index (χ4v) is 2.60. The molecule has 0 aliphatic heterocycles. The van der Waals surface area contributed by atoms with Crippen LogP contribution >= 0.6 is 0 Å². The molecule has 118 valence electrons. The van der Waals surface area contributed by atoms with Crippen LogP contribution in [-0.4, -0.2) is 35.3 Å². The molecule has 0 fully saturated rings. The summed E-state index contributed by atoms with van der Waals surface area (Å²) in [6.07, 6.45) is 8.13. The predicted octanol–water partition coefficient (Wildman–Crippen LogP) is 0.974. The molecule has 0 spiro atoms. The maximum absolute atomic E-state index is 11.3. The van der Waals surface area contributed by atoms with E-state index in [2.05, 4.69) is 24.7 Å². The van der Waals surface area contributed by atoms with Gasteiger partial charge in [-0.1, -0.05) is 6.08 Å². The fraction of sp³-hybridized carbons (Fsp3) is 0.143. The molecule has 0 atom stereocenters. The molecule has 2 aromatic heterocycles. The van der Waals surface area contributed by atoms with Gasteiger partial charge in [-0.15, -0.1) is 0 Å². The van der Waals surface area contributed by atoms with Crippen molar-refractivity contribution in [1.82, 2.24) is 15.0 Å². The van der Waals surface area contributed by atoms with Crippen LogP contribution in [0.5, 0.6) is 0 Å². The lowest BCUT2D eigenvalue weighted by molar-refractivity contribution is 0.603. The molecule has 2 N–H and O–H groups in total. The minimum absolute atomic E-state index is 0.236. The number of aromatic amines is 1.